The maximum absolute atomic E-state index is 12.7. The first-order valence-electron chi connectivity index (χ1n) is 21.8. The number of allylic oxidation sites excluding steroid dienone is 4. The van der Waals surface area contributed by atoms with Crippen molar-refractivity contribution < 1.29 is 16.8 Å². The van der Waals surface area contributed by atoms with E-state index in [0.717, 1.165) is 45.3 Å². The predicted octanol–water partition coefficient (Wildman–Crippen LogP) is 8.89. The van der Waals surface area contributed by atoms with Gasteiger partial charge in [0.2, 0.25) is 20.0 Å². The number of benzene rings is 1. The smallest absolute Gasteiger partial charge is 0.240 e. The van der Waals surface area contributed by atoms with Gasteiger partial charge in [0.1, 0.15) is 0 Å². The highest BCUT2D eigenvalue weighted by molar-refractivity contribution is 7.93. The SMILES string of the molecule is CCCCCCCCCCCCC=CC=C(C)S(=O)(=O)NCCNCCNCCNCCNS(=O)(=O)c1ccc(CCCCCCCCCCCC)cc1. The second-order valence-corrected chi connectivity index (χ2v) is 18.5. The Bertz CT molecular complexity index is 1290. The van der Waals surface area contributed by atoms with Crippen LogP contribution in [0, 0.1) is 0 Å². The lowest BCUT2D eigenvalue weighted by Gasteiger charge is -2.10. The van der Waals surface area contributed by atoms with Crippen LogP contribution in [0.4, 0.5) is 0 Å². The summed E-state index contributed by atoms with van der Waals surface area (Å²) in [6.45, 7) is 10.8. The minimum Gasteiger partial charge on any atom is -0.314 e. The normalized spacial score (nSPS) is 12.7. The van der Waals surface area contributed by atoms with Crippen LogP contribution in [0.2, 0.25) is 0 Å². The molecule has 314 valence electrons. The zero-order valence-corrected chi connectivity index (χ0v) is 36.3. The number of rotatable bonds is 39. The van der Waals surface area contributed by atoms with Gasteiger partial charge in [-0.2, -0.15) is 0 Å². The molecule has 11 heteroatoms. The monoisotopic (exact) mass is 796 g/mol. The van der Waals surface area contributed by atoms with E-state index in [-0.39, 0.29) is 0 Å². The van der Waals surface area contributed by atoms with Crippen LogP contribution in [0.25, 0.3) is 0 Å². The quantitative estimate of drug-likeness (QED) is 0.0333. The number of hydrogen-bond acceptors (Lipinski definition) is 7. The molecule has 1 rings (SSSR count). The maximum Gasteiger partial charge on any atom is 0.240 e. The van der Waals surface area contributed by atoms with Gasteiger partial charge in [0, 0.05) is 52.4 Å². The Morgan fingerprint density at radius 1 is 0.519 bits per heavy atom. The molecule has 0 aliphatic heterocycles. The van der Waals surface area contributed by atoms with Gasteiger partial charge in [-0.3, -0.25) is 0 Å². The van der Waals surface area contributed by atoms with Gasteiger partial charge in [-0.05, 0) is 56.4 Å². The van der Waals surface area contributed by atoms with E-state index in [9.17, 15) is 16.8 Å². The van der Waals surface area contributed by atoms with Gasteiger partial charge in [0.05, 0.1) is 9.80 Å². The minimum atomic E-state index is -3.52. The van der Waals surface area contributed by atoms with Crippen LogP contribution in [0.5, 0.6) is 0 Å². The van der Waals surface area contributed by atoms with E-state index < -0.39 is 20.0 Å². The van der Waals surface area contributed by atoms with Crippen LogP contribution in [-0.2, 0) is 26.5 Å². The lowest BCUT2D eigenvalue weighted by atomic mass is 10.0. The van der Waals surface area contributed by atoms with Gasteiger partial charge < -0.3 is 16.0 Å². The summed E-state index contributed by atoms with van der Waals surface area (Å²) in [7, 11) is -7.00. The summed E-state index contributed by atoms with van der Waals surface area (Å²) in [5.74, 6) is 0. The molecule has 9 nitrogen and oxygen atoms in total. The van der Waals surface area contributed by atoms with Crippen LogP contribution in [0.1, 0.15) is 161 Å². The number of nitrogens with one attached hydrogen (secondary N) is 5. The van der Waals surface area contributed by atoms with Crippen molar-refractivity contribution in [2.24, 2.45) is 0 Å². The first-order chi connectivity index (χ1) is 26.2. The Morgan fingerprint density at radius 3 is 1.41 bits per heavy atom. The molecule has 0 bridgehead atoms. The fourth-order valence-corrected chi connectivity index (χ4v) is 8.15. The molecule has 54 heavy (non-hydrogen) atoms. The van der Waals surface area contributed by atoms with Crippen LogP contribution in [0.15, 0.2) is 52.3 Å². The predicted molar refractivity (Wildman–Crippen MR) is 232 cm³/mol. The molecule has 0 radical (unpaired) electrons. The van der Waals surface area contributed by atoms with Crippen LogP contribution >= 0.6 is 0 Å². The number of aryl methyl sites for hydroxylation is 1. The zero-order valence-electron chi connectivity index (χ0n) is 34.7. The first-order valence-corrected chi connectivity index (χ1v) is 24.7. The average Bonchev–Trinajstić information content (AvgIpc) is 3.16. The van der Waals surface area contributed by atoms with Gasteiger partial charge in [0.15, 0.2) is 0 Å². The fourth-order valence-electron chi connectivity index (χ4n) is 6.26. The van der Waals surface area contributed by atoms with E-state index in [1.807, 2.05) is 18.2 Å². The molecule has 0 spiro atoms. The third-order valence-corrected chi connectivity index (χ3v) is 12.9. The number of hydrogen-bond donors (Lipinski definition) is 5. The van der Waals surface area contributed by atoms with Gasteiger partial charge in [-0.25, -0.2) is 26.3 Å². The summed E-state index contributed by atoms with van der Waals surface area (Å²) < 4.78 is 55.7. The summed E-state index contributed by atoms with van der Waals surface area (Å²) in [5, 5.41) is 9.82. The molecule has 5 N–H and O–H groups in total. The molecule has 0 saturated carbocycles. The van der Waals surface area contributed by atoms with E-state index in [1.54, 1.807) is 25.1 Å². The second kappa shape index (κ2) is 34.6. The lowest BCUT2D eigenvalue weighted by Crippen LogP contribution is -2.37. The fraction of sp³-hybridized carbons (Fsp3) is 0.767. The van der Waals surface area contributed by atoms with E-state index in [1.165, 1.54) is 121 Å². The Kier molecular flexibility index (Phi) is 32.3. The molecule has 0 aliphatic carbocycles. The van der Waals surface area contributed by atoms with Gasteiger partial charge in [-0.1, -0.05) is 154 Å². The number of sulfonamides is 2. The topological polar surface area (TPSA) is 128 Å². The summed E-state index contributed by atoms with van der Waals surface area (Å²) in [4.78, 5) is 0.637. The average molecular weight is 796 g/mol. The largest absolute Gasteiger partial charge is 0.314 e. The molecule has 0 unspecified atom stereocenters. The molecule has 0 atom stereocenters. The highest BCUT2D eigenvalue weighted by Crippen LogP contribution is 2.15. The van der Waals surface area contributed by atoms with E-state index in [4.69, 9.17) is 0 Å². The Balaban J connectivity index is 2.01. The second-order valence-electron chi connectivity index (χ2n) is 14.8. The summed E-state index contributed by atoms with van der Waals surface area (Å²) >= 11 is 0. The molecule has 0 fully saturated rings. The van der Waals surface area contributed by atoms with E-state index >= 15 is 0 Å². The molecule has 1 aromatic carbocycles. The first kappa shape index (κ1) is 50.4. The maximum atomic E-state index is 12.7. The van der Waals surface area contributed by atoms with Crippen molar-refractivity contribution in [1.29, 1.82) is 0 Å². The van der Waals surface area contributed by atoms with Gasteiger partial charge in [-0.15, -0.1) is 0 Å². The highest BCUT2D eigenvalue weighted by atomic mass is 32.2. The van der Waals surface area contributed by atoms with Crippen molar-refractivity contribution in [3.63, 3.8) is 0 Å². The Hall–Kier alpha value is -1.60. The zero-order chi connectivity index (χ0) is 39.4. The minimum absolute atomic E-state index is 0.310. The number of unbranched alkanes of at least 4 members (excludes halogenated alkanes) is 19. The highest BCUT2D eigenvalue weighted by Gasteiger charge is 2.13. The molecule has 1 aromatic rings. The van der Waals surface area contributed by atoms with Crippen molar-refractivity contribution in [2.75, 3.05) is 52.4 Å². The molecule has 0 aliphatic rings. The lowest BCUT2D eigenvalue weighted by molar-refractivity contribution is 0.556. The Labute approximate surface area is 333 Å². The van der Waals surface area contributed by atoms with Gasteiger partial charge in [0.25, 0.3) is 0 Å². The van der Waals surface area contributed by atoms with Crippen molar-refractivity contribution in [3.8, 4) is 0 Å². The molecule has 0 amide bonds. The summed E-state index contributed by atoms with van der Waals surface area (Å²) in [6, 6.07) is 7.31. The van der Waals surface area contributed by atoms with E-state index in [2.05, 4.69) is 45.3 Å². The van der Waals surface area contributed by atoms with Crippen molar-refractivity contribution in [2.45, 2.75) is 167 Å². The summed E-state index contributed by atoms with van der Waals surface area (Å²) in [5.41, 5.74) is 1.19. The molecular formula is C43H81N5O4S2. The summed E-state index contributed by atoms with van der Waals surface area (Å²) in [6.07, 6.45) is 33.9. The molecule has 0 heterocycles. The van der Waals surface area contributed by atoms with Crippen molar-refractivity contribution in [1.82, 2.24) is 25.4 Å². The van der Waals surface area contributed by atoms with Crippen LogP contribution in [0.3, 0.4) is 0 Å². The van der Waals surface area contributed by atoms with E-state index in [0.29, 0.717) is 42.5 Å². The van der Waals surface area contributed by atoms with Crippen molar-refractivity contribution >= 4 is 20.0 Å². The third-order valence-electron chi connectivity index (χ3n) is 9.81. The van der Waals surface area contributed by atoms with Crippen molar-refractivity contribution in [3.05, 3.63) is 53.0 Å². The molecule has 0 aromatic heterocycles. The van der Waals surface area contributed by atoms with Crippen LogP contribution < -0.4 is 25.4 Å². The van der Waals surface area contributed by atoms with Crippen LogP contribution in [-0.4, -0.2) is 69.2 Å². The van der Waals surface area contributed by atoms with Gasteiger partial charge >= 0.3 is 0 Å². The standard InChI is InChI=1S/C43H81N5O4S2/c1-4-6-8-10-12-14-16-17-18-19-21-23-25-27-41(3)53(49,50)47-39-37-45-35-33-44-34-36-46-38-40-48-54(51,52)43-31-29-42(30-32-43)28-26-24-22-20-15-13-11-9-7-5-2/h23,25,27,29-32,44-48H,4-22,24,26,28,33-40H2,1-3H3. The Morgan fingerprint density at radius 2 is 0.926 bits per heavy atom. The molecular weight excluding hydrogens is 715 g/mol. The third kappa shape index (κ3) is 28.8. The molecule has 0 saturated heterocycles.